The van der Waals surface area contributed by atoms with Crippen LogP contribution in [0.2, 0.25) is 0 Å². The molecule has 6 N–H and O–H groups in total. The maximum Gasteiger partial charge on any atom is 0.232 e. The maximum atomic E-state index is 15.6. The van der Waals surface area contributed by atoms with Gasteiger partial charge in [-0.25, -0.2) is 8.78 Å². The Hall–Kier alpha value is -1.73. The SMILES string of the molecule is CN(C)[C@@H]1CCN(C(=O)C2CCN(C3C(F)CNCC3NC(=O)C(C3=NCC(F)CCC4(CCCC4)C3)C(N)N)CC2)C1. The van der Waals surface area contributed by atoms with E-state index in [1.54, 1.807) is 0 Å². The van der Waals surface area contributed by atoms with Crippen LogP contribution in [0.25, 0.3) is 0 Å². The largest absolute Gasteiger partial charge is 0.350 e. The van der Waals surface area contributed by atoms with E-state index in [0.29, 0.717) is 57.1 Å². The molecule has 0 radical (unpaired) electrons. The van der Waals surface area contributed by atoms with Gasteiger partial charge in [0.05, 0.1) is 24.8 Å². The van der Waals surface area contributed by atoms with Crippen LogP contribution in [0, 0.1) is 17.3 Å². The van der Waals surface area contributed by atoms with Gasteiger partial charge in [0, 0.05) is 43.9 Å². The lowest BCUT2D eigenvalue weighted by Crippen LogP contribution is -2.67. The number of aliphatic imine (C=N–C) groups is 1. The Bertz CT molecular complexity index is 998. The third-order valence-electron chi connectivity index (χ3n) is 11.0. The Morgan fingerprint density at radius 2 is 1.77 bits per heavy atom. The van der Waals surface area contributed by atoms with E-state index in [2.05, 4.69) is 39.5 Å². The molecule has 1 aliphatic carbocycles. The standard InChI is InChI=1S/C31H54F2N8O2/c1-39(2)22-8-14-41(19-22)30(43)20-6-12-40(13-7-20)27-23(33)17-36-18-25(27)38-29(42)26(28(34)35)24-15-31(9-3-4-10-31)11-5-21(32)16-37-24/h20-23,25-28,36H,3-19,34-35H2,1-2H3,(H,38,42)/t21?,22-,23?,25?,26?,27?/m1/s1. The summed E-state index contributed by atoms with van der Waals surface area (Å²) in [6, 6.07) is -0.611. The Morgan fingerprint density at radius 3 is 2.42 bits per heavy atom. The Kier molecular flexibility index (Phi) is 10.7. The molecule has 3 saturated heterocycles. The number of likely N-dealkylation sites (N-methyl/N-ethyl adjacent to an activating group) is 1. The monoisotopic (exact) mass is 608 g/mol. The topological polar surface area (TPSA) is 132 Å². The zero-order valence-corrected chi connectivity index (χ0v) is 26.2. The summed E-state index contributed by atoms with van der Waals surface area (Å²) in [4.78, 5) is 38.0. The zero-order valence-electron chi connectivity index (χ0n) is 26.2. The minimum Gasteiger partial charge on any atom is -0.350 e. The highest BCUT2D eigenvalue weighted by Gasteiger charge is 2.44. The number of hydrogen-bond acceptors (Lipinski definition) is 8. The van der Waals surface area contributed by atoms with Gasteiger partial charge in [-0.15, -0.1) is 0 Å². The molecule has 0 aromatic carbocycles. The normalized spacial score (nSPS) is 33.4. The van der Waals surface area contributed by atoms with E-state index < -0.39 is 36.5 Å². The van der Waals surface area contributed by atoms with Crippen LogP contribution in [0.3, 0.4) is 0 Å². The minimum atomic E-state index is -1.18. The molecule has 4 heterocycles. The van der Waals surface area contributed by atoms with Crippen molar-refractivity contribution in [2.75, 3.05) is 59.9 Å². The van der Waals surface area contributed by atoms with Crippen LogP contribution in [0.4, 0.5) is 8.78 Å². The van der Waals surface area contributed by atoms with Crippen molar-refractivity contribution < 1.29 is 18.4 Å². The summed E-state index contributed by atoms with van der Waals surface area (Å²) in [5.74, 6) is -1.09. The average Bonchev–Trinajstić information content (AvgIpc) is 3.65. The van der Waals surface area contributed by atoms with Crippen LogP contribution < -0.4 is 22.1 Å². The fraction of sp³-hybridized carbons (Fsp3) is 0.903. The smallest absolute Gasteiger partial charge is 0.232 e. The molecule has 5 unspecified atom stereocenters. The summed E-state index contributed by atoms with van der Waals surface area (Å²) in [5, 5.41) is 6.22. The second-order valence-corrected chi connectivity index (χ2v) is 14.2. The fourth-order valence-electron chi connectivity index (χ4n) is 8.44. The number of carbonyl (C=O) groups excluding carboxylic acids is 2. The van der Waals surface area contributed by atoms with Gasteiger partial charge in [-0.05, 0) is 84.0 Å². The first kappa shape index (κ1) is 32.7. The van der Waals surface area contributed by atoms with Crippen LogP contribution in [0.5, 0.6) is 0 Å². The van der Waals surface area contributed by atoms with Gasteiger partial charge >= 0.3 is 0 Å². The summed E-state index contributed by atoms with van der Waals surface area (Å²) in [5.41, 5.74) is 13.0. The molecule has 2 amide bonds. The predicted molar refractivity (Wildman–Crippen MR) is 164 cm³/mol. The van der Waals surface area contributed by atoms with Gasteiger partial charge in [0.25, 0.3) is 0 Å². The van der Waals surface area contributed by atoms with E-state index in [1.807, 2.05) is 4.90 Å². The number of nitrogens with zero attached hydrogens (tertiary/aromatic N) is 4. The van der Waals surface area contributed by atoms with Gasteiger partial charge in [-0.2, -0.15) is 0 Å². The molecule has 4 aliphatic heterocycles. The number of rotatable bonds is 7. The number of hydrogen-bond donors (Lipinski definition) is 4. The van der Waals surface area contributed by atoms with Crippen LogP contribution >= 0.6 is 0 Å². The molecule has 6 atom stereocenters. The molecule has 244 valence electrons. The molecule has 10 nitrogen and oxygen atoms in total. The lowest BCUT2D eigenvalue weighted by atomic mass is 9.73. The van der Waals surface area contributed by atoms with Gasteiger partial charge < -0.3 is 31.9 Å². The van der Waals surface area contributed by atoms with Gasteiger partial charge in [0.2, 0.25) is 11.8 Å². The van der Waals surface area contributed by atoms with Crippen molar-refractivity contribution in [3.05, 3.63) is 0 Å². The van der Waals surface area contributed by atoms with Crippen molar-refractivity contribution in [1.82, 2.24) is 25.3 Å². The number of carbonyl (C=O) groups is 2. The highest BCUT2D eigenvalue weighted by atomic mass is 19.1. The minimum absolute atomic E-state index is 0.0168. The summed E-state index contributed by atoms with van der Waals surface area (Å²) >= 11 is 0. The molecule has 1 saturated carbocycles. The second kappa shape index (κ2) is 14.1. The molecule has 0 bridgehead atoms. The van der Waals surface area contributed by atoms with Gasteiger partial charge in [0.15, 0.2) is 0 Å². The van der Waals surface area contributed by atoms with Crippen molar-refractivity contribution in [2.45, 2.75) is 101 Å². The Labute approximate surface area is 255 Å². The summed E-state index contributed by atoms with van der Waals surface area (Å²) in [6.07, 6.45) is 5.21. The Balaban J connectivity index is 1.24. The number of halogens is 2. The van der Waals surface area contributed by atoms with Crippen LogP contribution in [-0.2, 0) is 9.59 Å². The number of alkyl halides is 2. The zero-order chi connectivity index (χ0) is 30.7. The van der Waals surface area contributed by atoms with Crippen LogP contribution in [0.1, 0.15) is 64.2 Å². The van der Waals surface area contributed by atoms with Crippen molar-refractivity contribution in [3.8, 4) is 0 Å². The summed E-state index contributed by atoms with van der Waals surface area (Å²) < 4.78 is 30.2. The maximum absolute atomic E-state index is 15.6. The van der Waals surface area contributed by atoms with Gasteiger partial charge in [0.1, 0.15) is 18.3 Å². The first-order valence-electron chi connectivity index (χ1n) is 16.6. The molecule has 0 aromatic heterocycles. The van der Waals surface area contributed by atoms with Gasteiger partial charge in [-0.3, -0.25) is 19.5 Å². The van der Waals surface area contributed by atoms with Crippen LogP contribution in [0.15, 0.2) is 4.99 Å². The molecule has 0 aromatic rings. The first-order chi connectivity index (χ1) is 20.6. The predicted octanol–water partition coefficient (Wildman–Crippen LogP) is 1.04. The number of nitrogens with one attached hydrogen (secondary N) is 2. The fourth-order valence-corrected chi connectivity index (χ4v) is 8.44. The highest BCUT2D eigenvalue weighted by Crippen LogP contribution is 2.47. The summed E-state index contributed by atoms with van der Waals surface area (Å²) in [7, 11) is 4.11. The number of amides is 2. The van der Waals surface area contributed by atoms with E-state index >= 15 is 4.39 Å². The number of piperidine rings is 2. The third kappa shape index (κ3) is 7.57. The number of likely N-dealkylation sites (tertiary alicyclic amines) is 2. The lowest BCUT2D eigenvalue weighted by molar-refractivity contribution is -0.136. The third-order valence-corrected chi connectivity index (χ3v) is 11.0. The quantitative estimate of drug-likeness (QED) is 0.318. The lowest BCUT2D eigenvalue weighted by Gasteiger charge is -2.45. The van der Waals surface area contributed by atoms with E-state index in [-0.39, 0.29) is 36.2 Å². The van der Waals surface area contributed by atoms with E-state index in [9.17, 15) is 14.0 Å². The van der Waals surface area contributed by atoms with E-state index in [1.165, 1.54) is 0 Å². The number of nitrogens with two attached hydrogens (primary N) is 2. The molecular weight excluding hydrogens is 554 g/mol. The molecule has 43 heavy (non-hydrogen) atoms. The second-order valence-electron chi connectivity index (χ2n) is 14.2. The molecular formula is C31H54F2N8O2. The van der Waals surface area contributed by atoms with Crippen molar-refractivity contribution >= 4 is 17.5 Å². The van der Waals surface area contributed by atoms with Gasteiger partial charge in [-0.1, -0.05) is 12.8 Å². The first-order valence-corrected chi connectivity index (χ1v) is 16.6. The van der Waals surface area contributed by atoms with Crippen molar-refractivity contribution in [2.24, 2.45) is 33.7 Å². The molecule has 5 rings (SSSR count). The Morgan fingerprint density at radius 1 is 1.05 bits per heavy atom. The summed E-state index contributed by atoms with van der Waals surface area (Å²) in [6.45, 7) is 3.41. The van der Waals surface area contributed by atoms with E-state index in [0.717, 1.165) is 51.6 Å². The molecule has 1 spiro atoms. The highest BCUT2D eigenvalue weighted by molar-refractivity contribution is 6.05. The van der Waals surface area contributed by atoms with Crippen molar-refractivity contribution in [1.29, 1.82) is 0 Å². The average molecular weight is 609 g/mol. The molecule has 12 heteroatoms. The molecule has 5 aliphatic rings. The van der Waals surface area contributed by atoms with Crippen LogP contribution in [-0.4, -0.2) is 129 Å². The molecule has 4 fully saturated rings. The van der Waals surface area contributed by atoms with Crippen molar-refractivity contribution in [3.63, 3.8) is 0 Å². The van der Waals surface area contributed by atoms with E-state index in [4.69, 9.17) is 11.5 Å².